The topological polar surface area (TPSA) is 42.0 Å². The minimum absolute atomic E-state index is 0.151. The fraction of sp³-hybridized carbons (Fsp3) is 0.0769. The summed E-state index contributed by atoms with van der Waals surface area (Å²) < 4.78 is 13.5. The SMILES string of the molecule is CNC(=O)c1cnc(C=Cc2ccc(F)c(Br)c2)s1. The van der Waals surface area contributed by atoms with Gasteiger partial charge in [-0.15, -0.1) is 11.3 Å². The number of thiazole rings is 1. The fourth-order valence-corrected chi connectivity index (χ4v) is 2.54. The number of hydrogen-bond acceptors (Lipinski definition) is 3. The van der Waals surface area contributed by atoms with E-state index in [9.17, 15) is 9.18 Å². The van der Waals surface area contributed by atoms with Crippen LogP contribution >= 0.6 is 27.3 Å². The first-order chi connectivity index (χ1) is 9.10. The van der Waals surface area contributed by atoms with Crippen molar-refractivity contribution in [3.8, 4) is 0 Å². The second kappa shape index (κ2) is 6.08. The molecule has 0 atom stereocenters. The molecule has 0 aliphatic carbocycles. The molecule has 6 heteroatoms. The van der Waals surface area contributed by atoms with Gasteiger partial charge >= 0.3 is 0 Å². The Balaban J connectivity index is 2.16. The molecule has 3 nitrogen and oxygen atoms in total. The average Bonchev–Trinajstić information content (AvgIpc) is 2.88. The molecule has 1 N–H and O–H groups in total. The van der Waals surface area contributed by atoms with Crippen molar-refractivity contribution in [1.29, 1.82) is 0 Å². The smallest absolute Gasteiger partial charge is 0.262 e. The lowest BCUT2D eigenvalue weighted by molar-refractivity contribution is 0.0967. The monoisotopic (exact) mass is 340 g/mol. The Morgan fingerprint density at radius 3 is 2.95 bits per heavy atom. The summed E-state index contributed by atoms with van der Waals surface area (Å²) >= 11 is 4.43. The predicted molar refractivity (Wildman–Crippen MR) is 78.5 cm³/mol. The van der Waals surface area contributed by atoms with Crippen LogP contribution in [0, 0.1) is 5.82 Å². The van der Waals surface area contributed by atoms with Gasteiger partial charge in [-0.2, -0.15) is 0 Å². The van der Waals surface area contributed by atoms with E-state index in [1.807, 2.05) is 6.08 Å². The van der Waals surface area contributed by atoms with Gasteiger partial charge in [-0.3, -0.25) is 4.79 Å². The van der Waals surface area contributed by atoms with Crippen LogP contribution in [-0.2, 0) is 0 Å². The lowest BCUT2D eigenvalue weighted by atomic mass is 10.2. The first-order valence-electron chi connectivity index (χ1n) is 5.41. The van der Waals surface area contributed by atoms with Crippen molar-refractivity contribution in [3.05, 3.63) is 50.1 Å². The van der Waals surface area contributed by atoms with E-state index in [-0.39, 0.29) is 11.7 Å². The summed E-state index contributed by atoms with van der Waals surface area (Å²) in [6.45, 7) is 0. The van der Waals surface area contributed by atoms with E-state index in [1.54, 1.807) is 25.3 Å². The third kappa shape index (κ3) is 3.48. The maximum atomic E-state index is 13.1. The normalized spacial score (nSPS) is 10.9. The molecule has 1 heterocycles. The zero-order chi connectivity index (χ0) is 13.8. The second-order valence-corrected chi connectivity index (χ2v) is 5.57. The molecule has 0 radical (unpaired) electrons. The van der Waals surface area contributed by atoms with E-state index in [0.29, 0.717) is 9.35 Å². The molecule has 1 amide bonds. The molecule has 2 rings (SSSR count). The standard InChI is InChI=1S/C13H10BrFN2OS/c1-16-13(18)11-7-17-12(19-11)5-3-8-2-4-10(15)9(14)6-8/h2-7H,1H3,(H,16,18). The first kappa shape index (κ1) is 13.9. The summed E-state index contributed by atoms with van der Waals surface area (Å²) in [7, 11) is 1.58. The van der Waals surface area contributed by atoms with E-state index in [0.717, 1.165) is 10.6 Å². The molecule has 2 aromatic rings. The van der Waals surface area contributed by atoms with Gasteiger partial charge in [0.05, 0.1) is 10.7 Å². The number of aromatic nitrogens is 1. The van der Waals surface area contributed by atoms with Gasteiger partial charge in [-0.05, 0) is 39.7 Å². The fourth-order valence-electron chi connectivity index (χ4n) is 1.38. The van der Waals surface area contributed by atoms with Crippen molar-refractivity contribution in [1.82, 2.24) is 10.3 Å². The number of halogens is 2. The van der Waals surface area contributed by atoms with Crippen LogP contribution in [0.4, 0.5) is 4.39 Å². The zero-order valence-electron chi connectivity index (χ0n) is 9.98. The number of nitrogens with zero attached hydrogens (tertiary/aromatic N) is 1. The van der Waals surface area contributed by atoms with Gasteiger partial charge in [0.25, 0.3) is 5.91 Å². The van der Waals surface area contributed by atoms with Gasteiger partial charge in [0.15, 0.2) is 0 Å². The van der Waals surface area contributed by atoms with Crippen LogP contribution in [0.2, 0.25) is 0 Å². The Hall–Kier alpha value is -1.53. The van der Waals surface area contributed by atoms with Crippen molar-refractivity contribution in [2.75, 3.05) is 7.05 Å². The molecule has 0 unspecified atom stereocenters. The molecule has 0 saturated heterocycles. The minimum Gasteiger partial charge on any atom is -0.354 e. The summed E-state index contributed by atoms with van der Waals surface area (Å²) in [5.74, 6) is -0.449. The minimum atomic E-state index is -0.298. The molecule has 0 aliphatic rings. The van der Waals surface area contributed by atoms with Gasteiger partial charge in [-0.1, -0.05) is 12.1 Å². The summed E-state index contributed by atoms with van der Waals surface area (Å²) in [6.07, 6.45) is 5.14. The van der Waals surface area contributed by atoms with Gasteiger partial charge in [0.1, 0.15) is 15.7 Å². The van der Waals surface area contributed by atoms with E-state index in [4.69, 9.17) is 0 Å². The van der Waals surface area contributed by atoms with Crippen LogP contribution < -0.4 is 5.32 Å². The number of nitrogens with one attached hydrogen (secondary N) is 1. The highest BCUT2D eigenvalue weighted by Gasteiger charge is 2.06. The summed E-state index contributed by atoms with van der Waals surface area (Å²) in [6, 6.07) is 4.74. The summed E-state index contributed by atoms with van der Waals surface area (Å²) in [5, 5.41) is 3.26. The number of carbonyl (C=O) groups excluding carboxylic acids is 1. The quantitative estimate of drug-likeness (QED) is 0.927. The highest BCUT2D eigenvalue weighted by Crippen LogP contribution is 2.20. The zero-order valence-corrected chi connectivity index (χ0v) is 12.4. The van der Waals surface area contributed by atoms with Gasteiger partial charge in [-0.25, -0.2) is 9.37 Å². The molecule has 0 fully saturated rings. The molecule has 98 valence electrons. The van der Waals surface area contributed by atoms with Crippen LogP contribution in [0.3, 0.4) is 0 Å². The maximum Gasteiger partial charge on any atom is 0.262 e. The van der Waals surface area contributed by atoms with Crippen molar-refractivity contribution in [2.45, 2.75) is 0 Å². The number of carbonyl (C=O) groups is 1. The highest BCUT2D eigenvalue weighted by molar-refractivity contribution is 9.10. The van der Waals surface area contributed by atoms with Crippen LogP contribution in [0.15, 0.2) is 28.9 Å². The number of hydrogen-bond donors (Lipinski definition) is 1. The van der Waals surface area contributed by atoms with Crippen molar-refractivity contribution >= 4 is 45.3 Å². The molecule has 0 saturated carbocycles. The second-order valence-electron chi connectivity index (χ2n) is 3.65. The van der Waals surface area contributed by atoms with E-state index in [2.05, 4.69) is 26.2 Å². The maximum absolute atomic E-state index is 13.1. The average molecular weight is 341 g/mol. The third-order valence-electron chi connectivity index (χ3n) is 2.34. The Labute approximate surface area is 122 Å². The highest BCUT2D eigenvalue weighted by atomic mass is 79.9. The molecular formula is C13H10BrFN2OS. The van der Waals surface area contributed by atoms with Crippen molar-refractivity contribution < 1.29 is 9.18 Å². The van der Waals surface area contributed by atoms with Crippen LogP contribution in [0.25, 0.3) is 12.2 Å². The van der Waals surface area contributed by atoms with E-state index in [1.165, 1.54) is 23.6 Å². The van der Waals surface area contributed by atoms with Crippen LogP contribution in [-0.4, -0.2) is 17.9 Å². The van der Waals surface area contributed by atoms with Crippen LogP contribution in [0.1, 0.15) is 20.2 Å². The molecule has 19 heavy (non-hydrogen) atoms. The molecular weight excluding hydrogens is 331 g/mol. The Kier molecular flexibility index (Phi) is 4.44. The lowest BCUT2D eigenvalue weighted by Gasteiger charge is -1.96. The Morgan fingerprint density at radius 2 is 2.26 bits per heavy atom. The molecule has 0 spiro atoms. The third-order valence-corrected chi connectivity index (χ3v) is 3.91. The first-order valence-corrected chi connectivity index (χ1v) is 7.02. The summed E-state index contributed by atoms with van der Waals surface area (Å²) in [5.41, 5.74) is 0.852. The largest absolute Gasteiger partial charge is 0.354 e. The summed E-state index contributed by atoms with van der Waals surface area (Å²) in [4.78, 5) is 16.1. The molecule has 1 aromatic carbocycles. The van der Waals surface area contributed by atoms with Crippen molar-refractivity contribution in [3.63, 3.8) is 0 Å². The van der Waals surface area contributed by atoms with Gasteiger partial charge in [0, 0.05) is 7.05 Å². The van der Waals surface area contributed by atoms with E-state index < -0.39 is 0 Å². The Morgan fingerprint density at radius 1 is 1.47 bits per heavy atom. The Bertz CT molecular complexity index is 639. The van der Waals surface area contributed by atoms with Crippen molar-refractivity contribution in [2.24, 2.45) is 0 Å². The number of benzene rings is 1. The number of rotatable bonds is 3. The molecule has 0 bridgehead atoms. The van der Waals surface area contributed by atoms with Gasteiger partial charge in [0.2, 0.25) is 0 Å². The predicted octanol–water partition coefficient (Wildman–Crippen LogP) is 3.57. The lowest BCUT2D eigenvalue weighted by Crippen LogP contribution is -2.16. The molecule has 1 aromatic heterocycles. The van der Waals surface area contributed by atoms with Crippen LogP contribution in [0.5, 0.6) is 0 Å². The number of amides is 1. The van der Waals surface area contributed by atoms with Gasteiger partial charge < -0.3 is 5.32 Å². The van der Waals surface area contributed by atoms with E-state index >= 15 is 0 Å². The molecule has 0 aliphatic heterocycles.